The second-order valence-corrected chi connectivity index (χ2v) is 6.23. The third kappa shape index (κ3) is 5.44. The Hall–Kier alpha value is -4.14. The molecule has 30 heavy (non-hydrogen) atoms. The van der Waals surface area contributed by atoms with Crippen LogP contribution in [0.1, 0.15) is 23.0 Å². The van der Waals surface area contributed by atoms with Crippen LogP contribution in [0.5, 0.6) is 5.75 Å². The van der Waals surface area contributed by atoms with Crippen molar-refractivity contribution < 1.29 is 28.4 Å². The highest BCUT2D eigenvalue weighted by atomic mass is 16.7. The fourth-order valence-electron chi connectivity index (χ4n) is 2.43. The van der Waals surface area contributed by atoms with Crippen molar-refractivity contribution in [2.45, 2.75) is 19.6 Å². The number of ether oxygens (including phenoxy) is 2. The maximum atomic E-state index is 12.2. The van der Waals surface area contributed by atoms with Crippen molar-refractivity contribution >= 4 is 23.4 Å². The number of esters is 1. The molecule has 1 heterocycles. The molecule has 1 amide bonds. The molecule has 154 valence electrons. The average Bonchev–Trinajstić information content (AvgIpc) is 3.25. The minimum absolute atomic E-state index is 0.360. The normalized spacial score (nSPS) is 11.4. The van der Waals surface area contributed by atoms with Gasteiger partial charge in [0.15, 0.2) is 6.10 Å². The molecule has 0 radical (unpaired) electrons. The monoisotopic (exact) mass is 410 g/mol. The zero-order chi connectivity index (χ0) is 21.5. The lowest BCUT2D eigenvalue weighted by molar-refractivity contribution is -0.402. The van der Waals surface area contributed by atoms with E-state index in [1.54, 1.807) is 24.3 Å². The molecule has 0 unspecified atom stereocenters. The van der Waals surface area contributed by atoms with E-state index in [9.17, 15) is 19.7 Å². The lowest BCUT2D eigenvalue weighted by Crippen LogP contribution is -2.29. The molecule has 0 saturated carbocycles. The Morgan fingerprint density at radius 1 is 1.07 bits per heavy atom. The maximum Gasteiger partial charge on any atom is 0.433 e. The van der Waals surface area contributed by atoms with Crippen molar-refractivity contribution in [3.05, 3.63) is 88.2 Å². The number of anilines is 1. The van der Waals surface area contributed by atoms with Crippen LogP contribution >= 0.6 is 0 Å². The molecule has 2 aromatic carbocycles. The molecule has 0 saturated heterocycles. The van der Waals surface area contributed by atoms with Gasteiger partial charge in [0.25, 0.3) is 5.91 Å². The van der Waals surface area contributed by atoms with Crippen molar-refractivity contribution in [3.8, 4) is 5.75 Å². The van der Waals surface area contributed by atoms with E-state index in [4.69, 9.17) is 13.9 Å². The SMILES string of the molecule is C[C@H](OC(=O)c1ccc([N+](=O)[O-])o1)C(=O)Nc1ccc(OCc2ccccc2)cc1. The molecule has 9 heteroatoms. The van der Waals surface area contributed by atoms with E-state index in [-0.39, 0.29) is 5.76 Å². The lowest BCUT2D eigenvalue weighted by atomic mass is 10.2. The van der Waals surface area contributed by atoms with Gasteiger partial charge in [0.05, 0.1) is 6.07 Å². The summed E-state index contributed by atoms with van der Waals surface area (Å²) in [6, 6.07) is 18.6. The first-order valence-electron chi connectivity index (χ1n) is 8.95. The van der Waals surface area contributed by atoms with E-state index in [0.717, 1.165) is 17.7 Å². The first kappa shape index (κ1) is 20.6. The summed E-state index contributed by atoms with van der Waals surface area (Å²) in [4.78, 5) is 34.0. The Labute approximate surface area is 171 Å². The van der Waals surface area contributed by atoms with Gasteiger partial charge in [-0.25, -0.2) is 4.79 Å². The maximum absolute atomic E-state index is 12.2. The Bertz CT molecular complexity index is 1030. The van der Waals surface area contributed by atoms with Gasteiger partial charge in [-0.05, 0) is 42.8 Å². The van der Waals surface area contributed by atoms with Crippen LogP contribution in [0.25, 0.3) is 0 Å². The second-order valence-electron chi connectivity index (χ2n) is 6.23. The topological polar surface area (TPSA) is 121 Å². The number of nitrogens with zero attached hydrogens (tertiary/aromatic N) is 1. The molecule has 0 aliphatic rings. The summed E-state index contributed by atoms with van der Waals surface area (Å²) in [5.41, 5.74) is 1.52. The minimum atomic E-state index is -1.14. The van der Waals surface area contributed by atoms with Crippen molar-refractivity contribution in [1.82, 2.24) is 0 Å². The average molecular weight is 410 g/mol. The molecule has 0 aliphatic carbocycles. The van der Waals surface area contributed by atoms with Crippen LogP contribution in [0.15, 0.2) is 71.1 Å². The Kier molecular flexibility index (Phi) is 6.43. The summed E-state index contributed by atoms with van der Waals surface area (Å²) in [5, 5.41) is 13.2. The number of rotatable bonds is 8. The van der Waals surface area contributed by atoms with Gasteiger partial charge in [-0.1, -0.05) is 30.3 Å². The lowest BCUT2D eigenvalue weighted by Gasteiger charge is -2.13. The molecule has 1 N–H and O–H groups in total. The number of nitro groups is 1. The van der Waals surface area contributed by atoms with Gasteiger partial charge < -0.3 is 19.2 Å². The van der Waals surface area contributed by atoms with Crippen molar-refractivity contribution in [3.63, 3.8) is 0 Å². The van der Waals surface area contributed by atoms with Gasteiger partial charge >= 0.3 is 11.9 Å². The molecule has 0 aliphatic heterocycles. The molecule has 0 fully saturated rings. The molecule has 3 aromatic rings. The van der Waals surface area contributed by atoms with E-state index in [2.05, 4.69) is 5.32 Å². The Morgan fingerprint density at radius 2 is 1.77 bits per heavy atom. The Balaban J connectivity index is 1.50. The van der Waals surface area contributed by atoms with Crippen LogP contribution in [-0.4, -0.2) is 22.9 Å². The van der Waals surface area contributed by atoms with E-state index < -0.39 is 28.8 Å². The first-order chi connectivity index (χ1) is 14.4. The summed E-state index contributed by atoms with van der Waals surface area (Å²) in [7, 11) is 0. The highest BCUT2D eigenvalue weighted by Gasteiger charge is 2.23. The predicted octanol–water partition coefficient (Wildman–Crippen LogP) is 3.95. The fourth-order valence-corrected chi connectivity index (χ4v) is 2.43. The van der Waals surface area contributed by atoms with Gasteiger partial charge in [0.1, 0.15) is 17.3 Å². The zero-order valence-corrected chi connectivity index (χ0v) is 15.9. The van der Waals surface area contributed by atoms with Crippen LogP contribution < -0.4 is 10.1 Å². The van der Waals surface area contributed by atoms with E-state index in [1.165, 1.54) is 6.92 Å². The molecule has 9 nitrogen and oxygen atoms in total. The van der Waals surface area contributed by atoms with Gasteiger partial charge in [-0.15, -0.1) is 0 Å². The summed E-state index contributed by atoms with van der Waals surface area (Å²) in [6.45, 7) is 1.80. The first-order valence-corrected chi connectivity index (χ1v) is 8.95. The van der Waals surface area contributed by atoms with Crippen LogP contribution in [0.2, 0.25) is 0 Å². The highest BCUT2D eigenvalue weighted by Crippen LogP contribution is 2.19. The molecule has 1 aromatic heterocycles. The number of benzene rings is 2. The van der Waals surface area contributed by atoms with E-state index in [1.807, 2.05) is 30.3 Å². The molecular formula is C21H18N2O7. The third-order valence-corrected chi connectivity index (χ3v) is 4.00. The van der Waals surface area contributed by atoms with Gasteiger partial charge in [-0.2, -0.15) is 0 Å². The third-order valence-electron chi connectivity index (χ3n) is 4.00. The van der Waals surface area contributed by atoms with Crippen LogP contribution in [-0.2, 0) is 16.1 Å². The molecule has 1 atom stereocenters. The predicted molar refractivity (Wildman–Crippen MR) is 106 cm³/mol. The quantitative estimate of drug-likeness (QED) is 0.339. The summed E-state index contributed by atoms with van der Waals surface area (Å²) < 4.78 is 15.4. The largest absolute Gasteiger partial charge is 0.489 e. The van der Waals surface area contributed by atoms with Gasteiger partial charge in [-0.3, -0.25) is 14.9 Å². The number of carbonyl (C=O) groups excluding carboxylic acids is 2. The number of amides is 1. The standard InChI is InChI=1S/C21H18N2O7/c1-14(29-21(25)18-11-12-19(30-18)23(26)27)20(24)22-16-7-9-17(10-8-16)28-13-15-5-3-2-4-6-15/h2-12,14H,13H2,1H3,(H,22,24)/t14-/m0/s1. The van der Waals surface area contributed by atoms with Crippen molar-refractivity contribution in [2.24, 2.45) is 0 Å². The van der Waals surface area contributed by atoms with E-state index in [0.29, 0.717) is 18.0 Å². The van der Waals surface area contributed by atoms with Crippen molar-refractivity contribution in [1.29, 1.82) is 0 Å². The fraction of sp³-hybridized carbons (Fsp3) is 0.143. The number of hydrogen-bond donors (Lipinski definition) is 1. The van der Waals surface area contributed by atoms with E-state index >= 15 is 0 Å². The van der Waals surface area contributed by atoms with Crippen LogP contribution in [0, 0.1) is 10.1 Å². The number of furan rings is 1. The molecular weight excluding hydrogens is 392 g/mol. The molecule has 0 spiro atoms. The number of hydrogen-bond acceptors (Lipinski definition) is 7. The molecule has 0 bridgehead atoms. The minimum Gasteiger partial charge on any atom is -0.489 e. The smallest absolute Gasteiger partial charge is 0.433 e. The van der Waals surface area contributed by atoms with Gasteiger partial charge in [0.2, 0.25) is 5.76 Å². The summed E-state index contributed by atoms with van der Waals surface area (Å²) >= 11 is 0. The van der Waals surface area contributed by atoms with Gasteiger partial charge in [0, 0.05) is 5.69 Å². The van der Waals surface area contributed by atoms with Crippen LogP contribution in [0.4, 0.5) is 11.6 Å². The number of carbonyl (C=O) groups is 2. The summed E-state index contributed by atoms with van der Waals surface area (Å²) in [5.74, 6) is -1.86. The van der Waals surface area contributed by atoms with Crippen molar-refractivity contribution in [2.75, 3.05) is 5.32 Å². The summed E-state index contributed by atoms with van der Waals surface area (Å²) in [6.07, 6.45) is -1.14. The Morgan fingerprint density at radius 3 is 2.40 bits per heavy atom. The van der Waals surface area contributed by atoms with Crippen LogP contribution in [0.3, 0.4) is 0 Å². The number of nitrogens with one attached hydrogen (secondary N) is 1. The second kappa shape index (κ2) is 9.37. The highest BCUT2D eigenvalue weighted by molar-refractivity contribution is 5.96. The zero-order valence-electron chi connectivity index (χ0n) is 15.9. The molecule has 3 rings (SSSR count).